The third kappa shape index (κ3) is 15.0. The van der Waals surface area contributed by atoms with Crippen molar-refractivity contribution in [3.8, 4) is 0 Å². The second kappa shape index (κ2) is 13.2. The first-order chi connectivity index (χ1) is 16.2. The number of alkyl halides is 8. The third-order valence-electron chi connectivity index (χ3n) is 4.96. The predicted molar refractivity (Wildman–Crippen MR) is 120 cm³/mol. The van der Waals surface area contributed by atoms with Crippen LogP contribution in [0.25, 0.3) is 0 Å². The summed E-state index contributed by atoms with van der Waals surface area (Å²) in [5, 5.41) is 0. The van der Waals surface area contributed by atoms with Crippen LogP contribution in [0.4, 0.5) is 35.1 Å². The quantitative estimate of drug-likeness (QED) is 0.110. The van der Waals surface area contributed by atoms with Crippen LogP contribution in [0, 0.1) is 5.92 Å². The summed E-state index contributed by atoms with van der Waals surface area (Å²) in [6.45, 7) is 0.954. The summed E-state index contributed by atoms with van der Waals surface area (Å²) < 4.78 is 153. The second-order valence-corrected chi connectivity index (χ2v) is 13.7. The van der Waals surface area contributed by atoms with Gasteiger partial charge in [0.25, 0.3) is 5.67 Å². The Morgan fingerprint density at radius 2 is 1.41 bits per heavy atom. The van der Waals surface area contributed by atoms with Gasteiger partial charge in [-0.1, -0.05) is 0 Å². The van der Waals surface area contributed by atoms with Gasteiger partial charge in [0.15, 0.2) is 0 Å². The van der Waals surface area contributed by atoms with Gasteiger partial charge in [-0.15, -0.1) is 0 Å². The molecule has 0 aliphatic heterocycles. The van der Waals surface area contributed by atoms with E-state index in [1.165, 1.54) is 0 Å². The molecule has 0 heterocycles. The lowest BCUT2D eigenvalue weighted by Gasteiger charge is -2.34. The van der Waals surface area contributed by atoms with E-state index in [-0.39, 0.29) is 6.61 Å². The van der Waals surface area contributed by atoms with E-state index in [0.717, 1.165) is 13.8 Å². The van der Waals surface area contributed by atoms with E-state index in [4.69, 9.17) is 4.52 Å². The summed E-state index contributed by atoms with van der Waals surface area (Å²) in [6, 6.07) is 0. The Bertz CT molecular complexity index is 843. The highest BCUT2D eigenvalue weighted by Gasteiger charge is 2.72. The fraction of sp³-hybridized carbons (Fsp3) is 1.00. The van der Waals surface area contributed by atoms with Gasteiger partial charge in [0.2, 0.25) is 10.0 Å². The maximum Gasteiger partial charge on any atom is 0.472 e. The number of quaternary nitrogens is 1. The van der Waals surface area contributed by atoms with E-state index in [9.17, 15) is 53.0 Å². The normalized spacial score (nSPS) is 17.0. The molecular formula is C19H36F8N2O6PS+. The molecule has 0 saturated carbocycles. The van der Waals surface area contributed by atoms with Crippen LogP contribution in [0.5, 0.6) is 0 Å². The molecule has 0 fully saturated rings. The van der Waals surface area contributed by atoms with Crippen molar-refractivity contribution >= 4 is 17.8 Å². The molecular weight excluding hydrogens is 567 g/mol. The number of halogens is 8. The van der Waals surface area contributed by atoms with E-state index in [2.05, 4.69) is 4.52 Å². The number of sulfonamides is 1. The standard InChI is InChI=1S/C19H35F8N2O6PS/c1-16(2,20)13-15(14-17(21,18(22,23)24)19(25,26)27)7-6-12-37(32,33)28-8-10-34-36(30,31)35-11-9-29(3,4)5/h15,28H,6-14H2,1-5H3/p+1. The number of likely N-dealkylation sites (N-methyl/N-ethyl adjacent to an activating group) is 1. The average Bonchev–Trinajstić information content (AvgIpc) is 2.60. The van der Waals surface area contributed by atoms with Crippen LogP contribution in [0.3, 0.4) is 0 Å². The van der Waals surface area contributed by atoms with Gasteiger partial charge < -0.3 is 9.38 Å². The van der Waals surface area contributed by atoms with Crippen LogP contribution in [-0.4, -0.2) is 94.7 Å². The van der Waals surface area contributed by atoms with Crippen LogP contribution < -0.4 is 4.72 Å². The average molecular weight is 604 g/mol. The van der Waals surface area contributed by atoms with Crippen LogP contribution >= 0.6 is 7.82 Å². The number of hydrogen-bond donors (Lipinski definition) is 2. The van der Waals surface area contributed by atoms with E-state index in [1.807, 2.05) is 25.9 Å². The monoisotopic (exact) mass is 603 g/mol. The van der Waals surface area contributed by atoms with Gasteiger partial charge in [-0.05, 0) is 39.0 Å². The molecule has 0 bridgehead atoms. The molecule has 224 valence electrons. The molecule has 0 aromatic rings. The van der Waals surface area contributed by atoms with E-state index in [0.29, 0.717) is 11.0 Å². The first-order valence-electron chi connectivity index (χ1n) is 11.1. The molecule has 2 unspecified atom stereocenters. The molecule has 0 aliphatic rings. The Morgan fingerprint density at radius 1 is 0.919 bits per heavy atom. The van der Waals surface area contributed by atoms with Crippen molar-refractivity contribution in [1.29, 1.82) is 0 Å². The maximum atomic E-state index is 14.2. The minimum absolute atomic E-state index is 0.122. The Balaban J connectivity index is 4.94. The zero-order chi connectivity index (χ0) is 29.6. The summed E-state index contributed by atoms with van der Waals surface area (Å²) in [5.74, 6) is -2.57. The highest BCUT2D eigenvalue weighted by molar-refractivity contribution is 7.89. The number of phosphoric acid groups is 1. The largest absolute Gasteiger partial charge is 0.472 e. The molecule has 18 heteroatoms. The van der Waals surface area contributed by atoms with Crippen LogP contribution in [0.2, 0.25) is 0 Å². The lowest BCUT2D eigenvalue weighted by atomic mass is 9.82. The minimum atomic E-state index is -6.31. The van der Waals surface area contributed by atoms with Crippen LogP contribution in [0.1, 0.15) is 39.5 Å². The lowest BCUT2D eigenvalue weighted by Crippen LogP contribution is -2.54. The topological polar surface area (TPSA) is 102 Å². The number of nitrogens with zero attached hydrogens (tertiary/aromatic N) is 1. The molecule has 37 heavy (non-hydrogen) atoms. The molecule has 0 aromatic carbocycles. The smallest absolute Gasteiger partial charge is 0.329 e. The number of nitrogens with one attached hydrogen (secondary N) is 1. The third-order valence-corrected chi connectivity index (χ3v) is 7.45. The maximum absolute atomic E-state index is 14.2. The first kappa shape index (κ1) is 36.4. The van der Waals surface area contributed by atoms with E-state index < -0.39 is 92.0 Å². The molecule has 0 amide bonds. The van der Waals surface area contributed by atoms with E-state index in [1.54, 1.807) is 0 Å². The summed E-state index contributed by atoms with van der Waals surface area (Å²) in [6.07, 6.45) is -16.7. The Morgan fingerprint density at radius 3 is 1.84 bits per heavy atom. The number of rotatable bonds is 17. The Labute approximate surface area is 211 Å². The lowest BCUT2D eigenvalue weighted by molar-refractivity contribution is -0.870. The summed E-state index contributed by atoms with van der Waals surface area (Å²) in [7, 11) is -3.19. The molecule has 2 atom stereocenters. The number of hydrogen-bond acceptors (Lipinski definition) is 5. The molecule has 0 rings (SSSR count). The molecule has 0 aromatic heterocycles. The molecule has 2 N–H and O–H groups in total. The van der Waals surface area contributed by atoms with Gasteiger partial charge in [0.1, 0.15) is 18.8 Å². The second-order valence-electron chi connectivity index (χ2n) is 10.3. The first-order valence-corrected chi connectivity index (χ1v) is 14.3. The highest BCUT2D eigenvalue weighted by atomic mass is 32.2. The van der Waals surface area contributed by atoms with Gasteiger partial charge in [-0.2, -0.15) is 26.3 Å². The van der Waals surface area contributed by atoms with Crippen molar-refractivity contribution in [2.75, 3.05) is 53.2 Å². The zero-order valence-electron chi connectivity index (χ0n) is 21.3. The summed E-state index contributed by atoms with van der Waals surface area (Å²) in [4.78, 5) is 9.55. The SMILES string of the molecule is CC(C)(F)CC(CCCS(=O)(=O)NCCOP(=O)(O)OCC[N+](C)(C)C)CC(F)(C(F)(F)F)C(F)(F)F. The predicted octanol–water partition coefficient (Wildman–Crippen LogP) is 4.50. The summed E-state index contributed by atoms with van der Waals surface area (Å²) >= 11 is 0. The van der Waals surface area contributed by atoms with Gasteiger partial charge in [0.05, 0.1) is 33.5 Å². The van der Waals surface area contributed by atoms with Crippen molar-refractivity contribution in [1.82, 2.24) is 4.72 Å². The van der Waals surface area contributed by atoms with E-state index >= 15 is 0 Å². The van der Waals surface area contributed by atoms with Crippen molar-refractivity contribution in [2.45, 2.75) is 63.2 Å². The van der Waals surface area contributed by atoms with Gasteiger partial charge in [-0.25, -0.2) is 26.5 Å². The van der Waals surface area contributed by atoms with Crippen molar-refractivity contribution < 1.29 is 66.5 Å². The van der Waals surface area contributed by atoms with Crippen molar-refractivity contribution in [2.24, 2.45) is 5.92 Å². The molecule has 0 radical (unpaired) electrons. The number of phosphoric ester groups is 1. The molecule has 0 aliphatic carbocycles. The van der Waals surface area contributed by atoms with Crippen molar-refractivity contribution in [3.05, 3.63) is 0 Å². The Kier molecular flexibility index (Phi) is 13.0. The van der Waals surface area contributed by atoms with Crippen LogP contribution in [-0.2, 0) is 23.6 Å². The Hall–Kier alpha value is -0.580. The zero-order valence-corrected chi connectivity index (χ0v) is 23.0. The molecule has 8 nitrogen and oxygen atoms in total. The fourth-order valence-corrected chi connectivity index (χ4v) is 5.01. The minimum Gasteiger partial charge on any atom is -0.329 e. The molecule has 0 spiro atoms. The summed E-state index contributed by atoms with van der Waals surface area (Å²) in [5.41, 5.74) is -7.83. The molecule has 0 saturated heterocycles. The van der Waals surface area contributed by atoms with Crippen LogP contribution in [0.15, 0.2) is 0 Å². The van der Waals surface area contributed by atoms with Gasteiger partial charge >= 0.3 is 20.2 Å². The van der Waals surface area contributed by atoms with Gasteiger partial charge in [0, 0.05) is 13.0 Å². The van der Waals surface area contributed by atoms with Gasteiger partial charge in [-0.3, -0.25) is 9.05 Å². The van der Waals surface area contributed by atoms with Crippen molar-refractivity contribution in [3.63, 3.8) is 0 Å². The fourth-order valence-electron chi connectivity index (χ4n) is 3.21. The highest BCUT2D eigenvalue weighted by Crippen LogP contribution is 2.51.